The Kier molecular flexibility index (Phi) is 5.22. The van der Waals surface area contributed by atoms with Gasteiger partial charge in [-0.25, -0.2) is 14.4 Å². The summed E-state index contributed by atoms with van der Waals surface area (Å²) in [6, 6.07) is 15.3. The highest BCUT2D eigenvalue weighted by Gasteiger charge is 2.40. The van der Waals surface area contributed by atoms with E-state index in [1.54, 1.807) is 14.0 Å². The number of rotatable bonds is 4. The lowest BCUT2D eigenvalue weighted by molar-refractivity contribution is -0.137. The van der Waals surface area contributed by atoms with Crippen molar-refractivity contribution in [2.45, 2.75) is 25.9 Å². The van der Waals surface area contributed by atoms with Crippen molar-refractivity contribution in [3.63, 3.8) is 0 Å². The topological polar surface area (TPSA) is 90.1 Å². The van der Waals surface area contributed by atoms with Crippen molar-refractivity contribution in [2.75, 3.05) is 14.2 Å². The van der Waals surface area contributed by atoms with E-state index < -0.39 is 12.0 Å². The number of hydrogen-bond acceptors (Lipinski definition) is 8. The van der Waals surface area contributed by atoms with Gasteiger partial charge in [0.15, 0.2) is 0 Å². The third kappa shape index (κ3) is 3.30. The minimum Gasteiger partial charge on any atom is -0.468 e. The van der Waals surface area contributed by atoms with Gasteiger partial charge in [-0.1, -0.05) is 36.4 Å². The maximum atomic E-state index is 12.8. The number of ether oxygens (including phenoxy) is 2. The van der Waals surface area contributed by atoms with Crippen LogP contribution in [0.25, 0.3) is 11.0 Å². The van der Waals surface area contributed by atoms with Crippen LogP contribution >= 0.6 is 0 Å². The Morgan fingerprint density at radius 3 is 2.53 bits per heavy atom. The number of nitrogens with zero attached hydrogens (tertiary/aromatic N) is 4. The molecule has 3 aromatic rings. The van der Waals surface area contributed by atoms with Crippen LogP contribution in [-0.4, -0.2) is 41.4 Å². The molecule has 0 amide bonds. The number of esters is 1. The molecular weight excluding hydrogens is 384 g/mol. The van der Waals surface area contributed by atoms with Crippen LogP contribution in [0.15, 0.2) is 69.4 Å². The summed E-state index contributed by atoms with van der Waals surface area (Å²) in [5, 5.41) is 7.82. The number of fused-ring (bicyclic) bond motifs is 1. The molecule has 0 N–H and O–H groups in total. The predicted molar refractivity (Wildman–Crippen MR) is 110 cm³/mol. The number of aliphatic imine (C=N–C) groups is 1. The van der Waals surface area contributed by atoms with E-state index in [4.69, 9.17) is 14.1 Å². The number of methoxy groups -OCH3 is 2. The van der Waals surface area contributed by atoms with Gasteiger partial charge in [-0.15, -0.1) is 0 Å². The minimum absolute atomic E-state index is 0.145. The quantitative estimate of drug-likeness (QED) is 0.609. The predicted octanol–water partition coefficient (Wildman–Crippen LogP) is 3.79. The van der Waals surface area contributed by atoms with Gasteiger partial charge in [0.2, 0.25) is 0 Å². The van der Waals surface area contributed by atoms with Crippen LogP contribution in [-0.2, 0) is 14.3 Å². The van der Waals surface area contributed by atoms with Crippen molar-refractivity contribution in [1.29, 1.82) is 0 Å². The van der Waals surface area contributed by atoms with Crippen LogP contribution in [0.2, 0.25) is 0 Å². The molecule has 0 spiro atoms. The van der Waals surface area contributed by atoms with Gasteiger partial charge < -0.3 is 14.4 Å². The van der Waals surface area contributed by atoms with Crippen molar-refractivity contribution >= 4 is 23.0 Å². The van der Waals surface area contributed by atoms with Gasteiger partial charge in [0, 0.05) is 0 Å². The first kappa shape index (κ1) is 19.6. The molecule has 0 aliphatic carbocycles. The van der Waals surface area contributed by atoms with Crippen molar-refractivity contribution < 1.29 is 18.9 Å². The molecule has 2 atom stereocenters. The van der Waals surface area contributed by atoms with E-state index in [0.717, 1.165) is 11.1 Å². The van der Waals surface area contributed by atoms with Gasteiger partial charge in [0.05, 0.1) is 37.6 Å². The molecular formula is C22H22N4O4. The molecule has 2 heterocycles. The summed E-state index contributed by atoms with van der Waals surface area (Å²) in [5.74, 6) is -0.444. The van der Waals surface area contributed by atoms with Gasteiger partial charge in [0.1, 0.15) is 11.0 Å². The fourth-order valence-electron chi connectivity index (χ4n) is 3.81. The fourth-order valence-corrected chi connectivity index (χ4v) is 3.81. The third-order valence-electron chi connectivity index (χ3n) is 5.31. The van der Waals surface area contributed by atoms with Crippen LogP contribution in [0.5, 0.6) is 0 Å². The molecule has 1 aliphatic heterocycles. The number of aromatic nitrogens is 2. The summed E-state index contributed by atoms with van der Waals surface area (Å²) in [5.41, 5.74) is 4.10. The van der Waals surface area contributed by atoms with Crippen molar-refractivity contribution in [1.82, 2.24) is 15.2 Å². The second kappa shape index (κ2) is 7.98. The molecule has 0 bridgehead atoms. The Hall–Kier alpha value is -3.68. The normalized spacial score (nSPS) is 17.7. The van der Waals surface area contributed by atoms with E-state index in [2.05, 4.69) is 15.3 Å². The Balaban J connectivity index is 1.92. The average molecular weight is 406 g/mol. The molecule has 0 saturated carbocycles. The Morgan fingerprint density at radius 2 is 1.83 bits per heavy atom. The lowest BCUT2D eigenvalue weighted by Gasteiger charge is -2.41. The van der Waals surface area contributed by atoms with Crippen molar-refractivity contribution in [3.05, 3.63) is 70.9 Å². The maximum absolute atomic E-state index is 12.8. The molecule has 8 nitrogen and oxygen atoms in total. The summed E-state index contributed by atoms with van der Waals surface area (Å²) < 4.78 is 15.6. The molecule has 0 radical (unpaired) electrons. The molecule has 1 unspecified atom stereocenters. The Bertz CT molecular complexity index is 1140. The smallest absolute Gasteiger partial charge is 0.338 e. The van der Waals surface area contributed by atoms with Crippen LogP contribution in [0.3, 0.4) is 0 Å². The molecule has 0 fully saturated rings. The van der Waals surface area contributed by atoms with Gasteiger partial charge in [-0.05, 0) is 47.4 Å². The number of carbonyl (C=O) groups is 1. The number of benzene rings is 2. The molecule has 8 heteroatoms. The molecule has 1 aromatic heterocycles. The molecule has 2 aromatic carbocycles. The zero-order valence-corrected chi connectivity index (χ0v) is 17.2. The molecule has 0 saturated heterocycles. The van der Waals surface area contributed by atoms with Crippen LogP contribution in [0.1, 0.15) is 37.1 Å². The maximum Gasteiger partial charge on any atom is 0.338 e. The molecule has 1 aliphatic rings. The summed E-state index contributed by atoms with van der Waals surface area (Å²) in [6.45, 7) is 3.82. The molecule has 4 rings (SSSR count). The Labute approximate surface area is 173 Å². The Morgan fingerprint density at radius 1 is 1.10 bits per heavy atom. The van der Waals surface area contributed by atoms with E-state index in [0.29, 0.717) is 28.3 Å². The first-order chi connectivity index (χ1) is 14.5. The first-order valence-corrected chi connectivity index (χ1v) is 9.52. The highest BCUT2D eigenvalue weighted by Crippen LogP contribution is 2.41. The second-order valence-corrected chi connectivity index (χ2v) is 7.00. The molecule has 30 heavy (non-hydrogen) atoms. The van der Waals surface area contributed by atoms with E-state index >= 15 is 0 Å². The minimum atomic E-state index is -0.499. The van der Waals surface area contributed by atoms with Gasteiger partial charge in [-0.2, -0.15) is 0 Å². The summed E-state index contributed by atoms with van der Waals surface area (Å²) in [4.78, 5) is 19.3. The number of hydrogen-bond donors (Lipinski definition) is 0. The average Bonchev–Trinajstić information content (AvgIpc) is 3.25. The van der Waals surface area contributed by atoms with Crippen molar-refractivity contribution in [2.24, 2.45) is 4.99 Å². The van der Waals surface area contributed by atoms with E-state index in [9.17, 15) is 4.79 Å². The monoisotopic (exact) mass is 406 g/mol. The van der Waals surface area contributed by atoms with Crippen LogP contribution < -0.4 is 0 Å². The SMILES string of the molecule is COC(=O)C1=C(C)N=C(OC)N([C@@H](C)c2ccccc2)C1c1ccc2nonc2c1. The van der Waals surface area contributed by atoms with Crippen LogP contribution in [0.4, 0.5) is 0 Å². The number of allylic oxidation sites excluding steroid dienone is 1. The summed E-state index contributed by atoms with van der Waals surface area (Å²) >= 11 is 0. The second-order valence-electron chi connectivity index (χ2n) is 7.00. The summed E-state index contributed by atoms with van der Waals surface area (Å²) in [7, 11) is 2.94. The van der Waals surface area contributed by atoms with Gasteiger partial charge >= 0.3 is 5.97 Å². The van der Waals surface area contributed by atoms with E-state index in [1.165, 1.54) is 7.11 Å². The highest BCUT2D eigenvalue weighted by atomic mass is 16.6. The largest absolute Gasteiger partial charge is 0.468 e. The standard InChI is InChI=1S/C22H22N4O4/c1-13-19(21(27)28-3)20(16-10-11-17-18(12-16)25-30-24-17)26(22(23-13)29-4)14(2)15-8-6-5-7-9-15/h5-12,14,20H,1-4H3/t14-,20?/m0/s1. The lowest BCUT2D eigenvalue weighted by Crippen LogP contribution is -2.43. The zero-order valence-electron chi connectivity index (χ0n) is 17.2. The number of amidine groups is 1. The van der Waals surface area contributed by atoms with Gasteiger partial charge in [-0.3, -0.25) is 0 Å². The summed E-state index contributed by atoms with van der Waals surface area (Å²) in [6.07, 6.45) is 0. The zero-order chi connectivity index (χ0) is 21.3. The van der Waals surface area contributed by atoms with E-state index in [1.807, 2.05) is 60.4 Å². The first-order valence-electron chi connectivity index (χ1n) is 9.52. The van der Waals surface area contributed by atoms with E-state index in [-0.39, 0.29) is 6.04 Å². The van der Waals surface area contributed by atoms with Crippen molar-refractivity contribution in [3.8, 4) is 0 Å². The third-order valence-corrected chi connectivity index (χ3v) is 5.31. The molecule has 154 valence electrons. The number of carbonyl (C=O) groups excluding carboxylic acids is 1. The lowest BCUT2D eigenvalue weighted by atomic mass is 9.91. The van der Waals surface area contributed by atoms with Gasteiger partial charge in [0.25, 0.3) is 6.02 Å². The van der Waals surface area contributed by atoms with Crippen LogP contribution in [0, 0.1) is 0 Å². The fraction of sp³-hybridized carbons (Fsp3) is 0.273. The highest BCUT2D eigenvalue weighted by molar-refractivity contribution is 5.94.